The van der Waals surface area contributed by atoms with E-state index in [1.165, 1.54) is 5.56 Å². The number of carboxylic acids is 1. The fourth-order valence-electron chi connectivity index (χ4n) is 3.84. The van der Waals surface area contributed by atoms with Crippen molar-refractivity contribution >= 4 is 29.4 Å². The number of carbonyl (C=O) groups is 2. The lowest BCUT2D eigenvalue weighted by Crippen LogP contribution is -2.37. The van der Waals surface area contributed by atoms with Gasteiger partial charge in [0.15, 0.2) is 0 Å². The Hall–Kier alpha value is -3.51. The van der Waals surface area contributed by atoms with E-state index in [2.05, 4.69) is 24.8 Å². The van der Waals surface area contributed by atoms with E-state index in [1.54, 1.807) is 16.7 Å². The highest BCUT2D eigenvalue weighted by molar-refractivity contribution is 7.99. The number of allylic oxidation sites excluding steroid dienone is 1. The molecule has 0 heterocycles. The minimum atomic E-state index is -0.804. The van der Waals surface area contributed by atoms with Crippen LogP contribution in [0.25, 0.3) is 0 Å². The third-order valence-electron chi connectivity index (χ3n) is 5.63. The molecule has 0 aliphatic carbocycles. The summed E-state index contributed by atoms with van der Waals surface area (Å²) in [6.45, 7) is 6.15. The van der Waals surface area contributed by atoms with Crippen molar-refractivity contribution in [2.24, 2.45) is 5.73 Å². The lowest BCUT2D eigenvalue weighted by atomic mass is 9.97. The molecule has 0 saturated carbocycles. The van der Waals surface area contributed by atoms with Gasteiger partial charge in [-0.3, -0.25) is 9.69 Å². The van der Waals surface area contributed by atoms with Gasteiger partial charge in [-0.25, -0.2) is 4.79 Å². The predicted molar refractivity (Wildman–Crippen MR) is 139 cm³/mol. The van der Waals surface area contributed by atoms with E-state index in [1.807, 2.05) is 67.6 Å². The second-order valence-electron chi connectivity index (χ2n) is 8.02. The Morgan fingerprint density at radius 3 is 2.21 bits per heavy atom. The summed E-state index contributed by atoms with van der Waals surface area (Å²) in [5, 5.41) is 9.33. The number of nitrogens with two attached hydrogens (primary N) is 1. The van der Waals surface area contributed by atoms with Crippen LogP contribution in [0.15, 0.2) is 95.2 Å². The van der Waals surface area contributed by atoms with E-state index in [0.717, 1.165) is 33.0 Å². The SMILES string of the molecule is C=CCc1cccc(CCN(C(N)=O)c2ccc(Sc3ccc(C(CC)C(=O)O)cc3)cc2)c1. The number of amides is 2. The topological polar surface area (TPSA) is 83.6 Å². The van der Waals surface area contributed by atoms with E-state index in [4.69, 9.17) is 5.73 Å². The van der Waals surface area contributed by atoms with Crippen LogP contribution >= 0.6 is 11.8 Å². The molecule has 0 aliphatic rings. The fraction of sp³-hybridized carbons (Fsp3) is 0.214. The first-order valence-corrected chi connectivity index (χ1v) is 12.1. The number of hydrogen-bond acceptors (Lipinski definition) is 3. The Morgan fingerprint density at radius 2 is 1.65 bits per heavy atom. The molecule has 0 saturated heterocycles. The summed E-state index contributed by atoms with van der Waals surface area (Å²) in [5.74, 6) is -1.29. The van der Waals surface area contributed by atoms with Gasteiger partial charge in [-0.1, -0.05) is 61.2 Å². The number of urea groups is 1. The number of carboxylic acid groups (broad SMARTS) is 1. The summed E-state index contributed by atoms with van der Waals surface area (Å²) in [7, 11) is 0. The summed E-state index contributed by atoms with van der Waals surface area (Å²) < 4.78 is 0. The van der Waals surface area contributed by atoms with Gasteiger partial charge in [0.2, 0.25) is 0 Å². The monoisotopic (exact) mass is 474 g/mol. The van der Waals surface area contributed by atoms with Crippen LogP contribution in [-0.2, 0) is 17.6 Å². The van der Waals surface area contributed by atoms with Crippen LogP contribution in [-0.4, -0.2) is 23.7 Å². The molecule has 0 aromatic heterocycles. The molecule has 1 unspecified atom stereocenters. The van der Waals surface area contributed by atoms with Gasteiger partial charge in [0.25, 0.3) is 0 Å². The summed E-state index contributed by atoms with van der Waals surface area (Å²) >= 11 is 1.58. The second-order valence-corrected chi connectivity index (χ2v) is 9.16. The number of nitrogens with zero attached hydrogens (tertiary/aromatic N) is 1. The van der Waals surface area contributed by atoms with Crippen LogP contribution in [0.3, 0.4) is 0 Å². The average molecular weight is 475 g/mol. The standard InChI is InChI=1S/C28H30N2O3S/c1-3-6-20-7-5-8-21(19-20)17-18-30(28(29)33)23-11-15-25(16-12-23)34-24-13-9-22(10-14-24)26(4-2)27(31)32/h3,5,7-16,19,26H,1,4,6,17-18H2,2H3,(H2,29,33)(H,31,32). The molecule has 0 aliphatic heterocycles. The van der Waals surface area contributed by atoms with Crippen molar-refractivity contribution in [1.29, 1.82) is 0 Å². The van der Waals surface area contributed by atoms with E-state index in [9.17, 15) is 14.7 Å². The van der Waals surface area contributed by atoms with Crippen molar-refractivity contribution in [3.05, 3.63) is 102 Å². The molecule has 1 atom stereocenters. The normalized spacial score (nSPS) is 11.6. The zero-order chi connectivity index (χ0) is 24.5. The minimum absolute atomic E-state index is 0.484. The van der Waals surface area contributed by atoms with Gasteiger partial charge in [-0.05, 0) is 72.4 Å². The highest BCUT2D eigenvalue weighted by Crippen LogP contribution is 2.31. The van der Waals surface area contributed by atoms with E-state index >= 15 is 0 Å². The number of benzene rings is 3. The molecule has 3 aromatic rings. The zero-order valence-electron chi connectivity index (χ0n) is 19.3. The maximum atomic E-state index is 12.1. The van der Waals surface area contributed by atoms with Crippen LogP contribution in [0.4, 0.5) is 10.5 Å². The van der Waals surface area contributed by atoms with Crippen molar-refractivity contribution < 1.29 is 14.7 Å². The van der Waals surface area contributed by atoms with Crippen molar-refractivity contribution in [2.45, 2.75) is 41.9 Å². The largest absolute Gasteiger partial charge is 0.481 e. The van der Waals surface area contributed by atoms with Gasteiger partial charge >= 0.3 is 12.0 Å². The fourth-order valence-corrected chi connectivity index (χ4v) is 4.65. The second kappa shape index (κ2) is 12.1. The van der Waals surface area contributed by atoms with Gasteiger partial charge < -0.3 is 10.8 Å². The highest BCUT2D eigenvalue weighted by atomic mass is 32.2. The average Bonchev–Trinajstić information content (AvgIpc) is 2.82. The quantitative estimate of drug-likeness (QED) is 0.321. The number of carbonyl (C=O) groups excluding carboxylic acids is 1. The minimum Gasteiger partial charge on any atom is -0.481 e. The molecular weight excluding hydrogens is 444 g/mol. The number of anilines is 1. The van der Waals surface area contributed by atoms with E-state index in [-0.39, 0.29) is 0 Å². The van der Waals surface area contributed by atoms with Crippen molar-refractivity contribution in [1.82, 2.24) is 0 Å². The van der Waals surface area contributed by atoms with Crippen LogP contribution in [0, 0.1) is 0 Å². The maximum Gasteiger partial charge on any atom is 0.319 e. The van der Waals surface area contributed by atoms with E-state index < -0.39 is 17.9 Å². The third kappa shape index (κ3) is 6.75. The first-order valence-electron chi connectivity index (χ1n) is 11.3. The zero-order valence-corrected chi connectivity index (χ0v) is 20.1. The third-order valence-corrected chi connectivity index (χ3v) is 6.65. The van der Waals surface area contributed by atoms with Gasteiger partial charge in [-0.2, -0.15) is 0 Å². The molecule has 0 radical (unpaired) electrons. The summed E-state index contributed by atoms with van der Waals surface area (Å²) in [4.78, 5) is 27.1. The van der Waals surface area contributed by atoms with Crippen molar-refractivity contribution in [3.63, 3.8) is 0 Å². The van der Waals surface area contributed by atoms with Crippen LogP contribution in [0.2, 0.25) is 0 Å². The molecule has 3 aromatic carbocycles. The Labute approximate surface area is 205 Å². The number of rotatable bonds is 11. The molecule has 6 heteroatoms. The highest BCUT2D eigenvalue weighted by Gasteiger charge is 2.17. The number of hydrogen-bond donors (Lipinski definition) is 2. The molecule has 176 valence electrons. The summed E-state index contributed by atoms with van der Waals surface area (Å²) in [6, 6.07) is 23.1. The molecule has 3 N–H and O–H groups in total. The number of aliphatic carboxylic acids is 1. The Kier molecular flexibility index (Phi) is 8.93. The van der Waals surface area contributed by atoms with E-state index in [0.29, 0.717) is 19.4 Å². The van der Waals surface area contributed by atoms with Gasteiger partial charge in [0, 0.05) is 22.0 Å². The summed E-state index contributed by atoms with van der Waals surface area (Å²) in [5.41, 5.74) is 9.57. The molecule has 0 bridgehead atoms. The maximum absolute atomic E-state index is 12.1. The first kappa shape index (κ1) is 25.1. The Bertz CT molecular complexity index is 1130. The van der Waals surface area contributed by atoms with Crippen LogP contribution in [0.5, 0.6) is 0 Å². The smallest absolute Gasteiger partial charge is 0.319 e. The van der Waals surface area contributed by atoms with Crippen LogP contribution in [0.1, 0.15) is 36.0 Å². The van der Waals surface area contributed by atoms with Crippen molar-refractivity contribution in [2.75, 3.05) is 11.4 Å². The molecular formula is C28H30N2O3S. The molecule has 2 amide bonds. The predicted octanol–water partition coefficient (Wildman–Crippen LogP) is 6.27. The van der Waals surface area contributed by atoms with Crippen LogP contribution < -0.4 is 10.6 Å². The molecule has 3 rings (SSSR count). The first-order chi connectivity index (χ1) is 16.4. The molecule has 34 heavy (non-hydrogen) atoms. The lowest BCUT2D eigenvalue weighted by molar-refractivity contribution is -0.138. The van der Waals surface area contributed by atoms with Gasteiger partial charge in [0.1, 0.15) is 0 Å². The number of primary amides is 1. The van der Waals surface area contributed by atoms with Crippen molar-refractivity contribution in [3.8, 4) is 0 Å². The summed E-state index contributed by atoms with van der Waals surface area (Å²) in [6.07, 6.45) is 3.94. The Balaban J connectivity index is 1.65. The van der Waals surface area contributed by atoms with Gasteiger partial charge in [-0.15, -0.1) is 6.58 Å². The van der Waals surface area contributed by atoms with Gasteiger partial charge in [0.05, 0.1) is 5.92 Å². The lowest BCUT2D eigenvalue weighted by Gasteiger charge is -2.21. The molecule has 0 fully saturated rings. The molecule has 5 nitrogen and oxygen atoms in total. The Morgan fingerprint density at radius 1 is 1.03 bits per heavy atom. The molecule has 0 spiro atoms.